The molecule has 0 fully saturated rings. The van der Waals surface area contributed by atoms with Crippen molar-refractivity contribution >= 4 is 10.9 Å². The number of benzene rings is 2. The molecule has 0 N–H and O–H groups in total. The van der Waals surface area contributed by atoms with E-state index in [9.17, 15) is 9.18 Å². The first kappa shape index (κ1) is 16.9. The summed E-state index contributed by atoms with van der Waals surface area (Å²) in [6, 6.07) is 11.2. The van der Waals surface area contributed by atoms with Crippen LogP contribution in [0.2, 0.25) is 0 Å². The molecule has 7 nitrogen and oxygen atoms in total. The summed E-state index contributed by atoms with van der Waals surface area (Å²) < 4.78 is 25.5. The molecule has 0 unspecified atom stereocenters. The van der Waals surface area contributed by atoms with E-state index >= 15 is 0 Å². The highest BCUT2D eigenvalue weighted by Gasteiger charge is 2.14. The fourth-order valence-corrected chi connectivity index (χ4v) is 2.75. The lowest BCUT2D eigenvalue weighted by Crippen LogP contribution is -2.21. The molecule has 0 radical (unpaired) electrons. The molecule has 8 heteroatoms. The van der Waals surface area contributed by atoms with Crippen molar-refractivity contribution in [2.24, 2.45) is 0 Å². The first-order chi connectivity index (χ1) is 13.2. The lowest BCUT2D eigenvalue weighted by Gasteiger charge is -2.06. The quantitative estimate of drug-likeness (QED) is 0.540. The van der Waals surface area contributed by atoms with Gasteiger partial charge in [0.05, 0.1) is 29.4 Å². The third kappa shape index (κ3) is 3.29. The van der Waals surface area contributed by atoms with Gasteiger partial charge in [-0.15, -0.1) is 0 Å². The highest BCUT2D eigenvalue weighted by atomic mass is 19.1. The molecule has 0 aliphatic heterocycles. The standard InChI is InChI=1S/C19H15FN4O3/c1-2-26-16-6-4-3-5-14(16)18-22-17(27-23-18)10-24-11-21-15-9-12(20)7-8-13(15)19(24)25/h3-9,11H,2,10H2,1H3. The van der Waals surface area contributed by atoms with E-state index in [2.05, 4.69) is 15.1 Å². The van der Waals surface area contributed by atoms with Crippen LogP contribution in [0.25, 0.3) is 22.3 Å². The van der Waals surface area contributed by atoms with Crippen molar-refractivity contribution in [3.63, 3.8) is 0 Å². The SMILES string of the molecule is CCOc1ccccc1-c1noc(Cn2cnc3cc(F)ccc3c2=O)n1. The summed E-state index contributed by atoms with van der Waals surface area (Å²) in [6.07, 6.45) is 1.34. The van der Waals surface area contributed by atoms with Crippen molar-refractivity contribution in [1.29, 1.82) is 0 Å². The van der Waals surface area contributed by atoms with Crippen LogP contribution in [0.15, 0.2) is 58.1 Å². The van der Waals surface area contributed by atoms with Crippen molar-refractivity contribution in [2.75, 3.05) is 6.61 Å². The van der Waals surface area contributed by atoms with Crippen molar-refractivity contribution in [1.82, 2.24) is 19.7 Å². The molecule has 2 heterocycles. The molecule has 27 heavy (non-hydrogen) atoms. The largest absolute Gasteiger partial charge is 0.493 e. The molecule has 0 saturated heterocycles. The van der Waals surface area contributed by atoms with Crippen molar-refractivity contribution < 1.29 is 13.7 Å². The van der Waals surface area contributed by atoms with Crippen LogP contribution >= 0.6 is 0 Å². The Balaban J connectivity index is 1.66. The number of hydrogen-bond acceptors (Lipinski definition) is 6. The average molecular weight is 366 g/mol. The molecule has 0 atom stereocenters. The summed E-state index contributed by atoms with van der Waals surface area (Å²) >= 11 is 0. The van der Waals surface area contributed by atoms with Crippen LogP contribution in [0.5, 0.6) is 5.75 Å². The van der Waals surface area contributed by atoms with Gasteiger partial charge in [0, 0.05) is 6.07 Å². The molecule has 0 aliphatic carbocycles. The van der Waals surface area contributed by atoms with Crippen LogP contribution in [-0.4, -0.2) is 26.3 Å². The molecule has 2 aromatic carbocycles. The highest BCUT2D eigenvalue weighted by Crippen LogP contribution is 2.27. The van der Waals surface area contributed by atoms with Crippen molar-refractivity contribution in [2.45, 2.75) is 13.5 Å². The Morgan fingerprint density at radius 2 is 2.07 bits per heavy atom. The van der Waals surface area contributed by atoms with Gasteiger partial charge in [0.2, 0.25) is 11.7 Å². The van der Waals surface area contributed by atoms with Gasteiger partial charge in [0.15, 0.2) is 0 Å². The lowest BCUT2D eigenvalue weighted by molar-refractivity contribution is 0.340. The predicted octanol–water partition coefficient (Wildman–Crippen LogP) is 3.03. The zero-order chi connectivity index (χ0) is 18.8. The van der Waals surface area contributed by atoms with Crippen molar-refractivity contribution in [3.8, 4) is 17.1 Å². The number of halogens is 1. The van der Waals surface area contributed by atoms with Crippen LogP contribution in [0.4, 0.5) is 4.39 Å². The maximum atomic E-state index is 13.3. The summed E-state index contributed by atoms with van der Waals surface area (Å²) in [4.78, 5) is 21.0. The van der Waals surface area contributed by atoms with E-state index in [-0.39, 0.29) is 18.0 Å². The van der Waals surface area contributed by atoms with Crippen LogP contribution in [0.1, 0.15) is 12.8 Å². The fraction of sp³-hybridized carbons (Fsp3) is 0.158. The van der Waals surface area contributed by atoms with Gasteiger partial charge in [-0.3, -0.25) is 9.36 Å². The molecule has 0 aliphatic rings. The minimum atomic E-state index is -0.443. The van der Waals surface area contributed by atoms with Crippen LogP contribution < -0.4 is 10.3 Å². The topological polar surface area (TPSA) is 83.0 Å². The highest BCUT2D eigenvalue weighted by molar-refractivity contribution is 5.77. The van der Waals surface area contributed by atoms with E-state index in [1.54, 1.807) is 0 Å². The number of nitrogens with zero attached hydrogens (tertiary/aromatic N) is 4. The monoisotopic (exact) mass is 366 g/mol. The summed E-state index contributed by atoms with van der Waals surface area (Å²) in [5.74, 6) is 0.833. The van der Waals surface area contributed by atoms with Crippen LogP contribution in [-0.2, 0) is 6.54 Å². The average Bonchev–Trinajstić information content (AvgIpc) is 3.13. The maximum absolute atomic E-state index is 13.3. The Morgan fingerprint density at radius 1 is 1.22 bits per heavy atom. The van der Waals surface area contributed by atoms with E-state index < -0.39 is 5.82 Å². The Hall–Kier alpha value is -3.55. The Kier molecular flexibility index (Phi) is 4.37. The first-order valence-corrected chi connectivity index (χ1v) is 8.35. The van der Waals surface area contributed by atoms with E-state index in [0.717, 1.165) is 0 Å². The van der Waals surface area contributed by atoms with Gasteiger partial charge in [0.1, 0.15) is 18.1 Å². The smallest absolute Gasteiger partial charge is 0.261 e. The second kappa shape index (κ2) is 6.99. The van der Waals surface area contributed by atoms with E-state index in [1.807, 2.05) is 31.2 Å². The number of rotatable bonds is 5. The van der Waals surface area contributed by atoms with Gasteiger partial charge in [-0.2, -0.15) is 4.98 Å². The fourth-order valence-electron chi connectivity index (χ4n) is 2.75. The van der Waals surface area contributed by atoms with Crippen LogP contribution in [0, 0.1) is 5.82 Å². The molecule has 0 spiro atoms. The molecule has 4 aromatic rings. The third-order valence-corrected chi connectivity index (χ3v) is 3.99. The molecule has 0 saturated carbocycles. The molecule has 0 amide bonds. The van der Waals surface area contributed by atoms with E-state index in [0.29, 0.717) is 34.6 Å². The van der Waals surface area contributed by atoms with Gasteiger partial charge in [-0.1, -0.05) is 17.3 Å². The molecule has 2 aromatic heterocycles. The van der Waals surface area contributed by atoms with E-state index in [1.165, 1.54) is 29.1 Å². The van der Waals surface area contributed by atoms with Gasteiger partial charge < -0.3 is 9.26 Å². The lowest BCUT2D eigenvalue weighted by atomic mass is 10.2. The zero-order valence-corrected chi connectivity index (χ0v) is 14.4. The normalized spacial score (nSPS) is 11.0. The molecular formula is C19H15FN4O3. The summed E-state index contributed by atoms with van der Waals surface area (Å²) in [5, 5.41) is 4.30. The number of hydrogen-bond donors (Lipinski definition) is 0. The zero-order valence-electron chi connectivity index (χ0n) is 14.4. The molecule has 4 rings (SSSR count). The molecular weight excluding hydrogens is 351 g/mol. The van der Waals surface area contributed by atoms with Crippen molar-refractivity contribution in [3.05, 3.63) is 70.9 Å². The van der Waals surface area contributed by atoms with Gasteiger partial charge in [-0.25, -0.2) is 9.37 Å². The van der Waals surface area contributed by atoms with Crippen LogP contribution in [0.3, 0.4) is 0 Å². The van der Waals surface area contributed by atoms with Gasteiger partial charge >= 0.3 is 0 Å². The second-order valence-corrected chi connectivity index (χ2v) is 5.78. The Labute approximate surface area is 153 Å². The number of fused-ring (bicyclic) bond motifs is 1. The third-order valence-electron chi connectivity index (χ3n) is 3.99. The molecule has 0 bridgehead atoms. The minimum Gasteiger partial charge on any atom is -0.493 e. The maximum Gasteiger partial charge on any atom is 0.261 e. The number of aromatic nitrogens is 4. The summed E-state index contributed by atoms with van der Waals surface area (Å²) in [7, 11) is 0. The Morgan fingerprint density at radius 3 is 2.93 bits per heavy atom. The summed E-state index contributed by atoms with van der Waals surface area (Å²) in [6.45, 7) is 2.47. The minimum absolute atomic E-state index is 0.0585. The van der Waals surface area contributed by atoms with Gasteiger partial charge in [-0.05, 0) is 31.2 Å². The first-order valence-electron chi connectivity index (χ1n) is 8.35. The number of para-hydroxylation sites is 1. The van der Waals surface area contributed by atoms with Gasteiger partial charge in [0.25, 0.3) is 5.56 Å². The van der Waals surface area contributed by atoms with E-state index in [4.69, 9.17) is 9.26 Å². The molecule has 136 valence electrons. The second-order valence-electron chi connectivity index (χ2n) is 5.78. The summed E-state index contributed by atoms with van der Waals surface area (Å²) in [5.41, 5.74) is 0.691. The number of ether oxygens (including phenoxy) is 1. The Bertz CT molecular complexity index is 1170. The predicted molar refractivity (Wildman–Crippen MR) is 96.0 cm³/mol.